The molecule has 118 valence electrons. The van der Waals surface area contributed by atoms with Gasteiger partial charge < -0.3 is 0 Å². The quantitative estimate of drug-likeness (QED) is 0.533. The highest BCUT2D eigenvalue weighted by atomic mass is 127. The summed E-state index contributed by atoms with van der Waals surface area (Å²) in [4.78, 5) is -0.0841. The first kappa shape index (κ1) is 17.3. The van der Waals surface area contributed by atoms with Crippen LogP contribution in [0.1, 0.15) is 5.56 Å². The maximum absolute atomic E-state index is 12.1. The fourth-order valence-electron chi connectivity index (χ4n) is 1.65. The third-order valence-electron chi connectivity index (χ3n) is 2.81. The minimum Gasteiger partial charge on any atom is -0.282 e. The van der Waals surface area contributed by atoms with Crippen LogP contribution >= 0.6 is 22.6 Å². The van der Waals surface area contributed by atoms with Crippen LogP contribution in [0.15, 0.2) is 58.3 Å². The molecular formula is C13H12INO5S2. The van der Waals surface area contributed by atoms with E-state index in [1.165, 1.54) is 36.4 Å². The van der Waals surface area contributed by atoms with Gasteiger partial charge in [-0.1, -0.05) is 12.1 Å². The predicted molar refractivity (Wildman–Crippen MR) is 89.4 cm³/mol. The van der Waals surface area contributed by atoms with Gasteiger partial charge in [-0.2, -0.15) is 8.42 Å². The summed E-state index contributed by atoms with van der Waals surface area (Å²) in [5.74, 6) is 0. The summed E-state index contributed by atoms with van der Waals surface area (Å²) in [7, 11) is -7.88. The first-order valence-corrected chi connectivity index (χ1v) is 10.0. The topological polar surface area (TPSA) is 101 Å². The number of sulfonamides is 1. The fraction of sp³-hybridized carbons (Fsp3) is 0.0769. The summed E-state index contributed by atoms with van der Waals surface area (Å²) in [5, 5.41) is 0. The Morgan fingerprint density at radius 2 is 1.36 bits per heavy atom. The molecule has 2 rings (SSSR count). The molecule has 0 amide bonds. The molecule has 0 aliphatic rings. The first-order chi connectivity index (χ1) is 10.2. The average Bonchev–Trinajstić information content (AvgIpc) is 2.45. The predicted octanol–water partition coefficient (Wildman–Crippen LogP) is 2.02. The van der Waals surface area contributed by atoms with Crippen LogP contribution in [-0.2, 0) is 26.7 Å². The lowest BCUT2D eigenvalue weighted by Gasteiger charge is -2.07. The van der Waals surface area contributed by atoms with Gasteiger partial charge in [0.15, 0.2) is 0 Å². The number of nitrogens with one attached hydrogen (secondary N) is 1. The van der Waals surface area contributed by atoms with Gasteiger partial charge in [-0.3, -0.25) is 4.55 Å². The minimum atomic E-state index is -4.25. The lowest BCUT2D eigenvalue weighted by atomic mass is 10.2. The molecule has 0 heterocycles. The summed E-state index contributed by atoms with van der Waals surface area (Å²) >= 11 is 2.08. The highest BCUT2D eigenvalue weighted by Crippen LogP contribution is 2.14. The van der Waals surface area contributed by atoms with Crippen LogP contribution in [0.2, 0.25) is 0 Å². The molecule has 0 aromatic heterocycles. The standard InChI is InChI=1S/C13H12INO5S2/c14-11-3-7-12(8-4-11)21(16,17)15-9-10-1-5-13(6-2-10)22(18,19)20/h1-8,15H,9H2,(H,18,19,20). The van der Waals surface area contributed by atoms with Crippen LogP contribution in [0.25, 0.3) is 0 Å². The Bertz CT molecular complexity index is 860. The molecule has 0 saturated heterocycles. The summed E-state index contributed by atoms with van der Waals surface area (Å²) in [6.07, 6.45) is 0. The van der Waals surface area contributed by atoms with Crippen LogP contribution in [0.3, 0.4) is 0 Å². The highest BCUT2D eigenvalue weighted by molar-refractivity contribution is 14.1. The lowest BCUT2D eigenvalue weighted by molar-refractivity contribution is 0.483. The van der Waals surface area contributed by atoms with E-state index < -0.39 is 20.1 Å². The number of benzene rings is 2. The van der Waals surface area contributed by atoms with Crippen molar-refractivity contribution in [1.29, 1.82) is 0 Å². The first-order valence-electron chi connectivity index (χ1n) is 6.00. The van der Waals surface area contributed by atoms with E-state index >= 15 is 0 Å². The van der Waals surface area contributed by atoms with Crippen molar-refractivity contribution >= 4 is 42.7 Å². The molecule has 0 atom stereocenters. The monoisotopic (exact) mass is 453 g/mol. The molecule has 0 fully saturated rings. The molecule has 2 aromatic carbocycles. The van der Waals surface area contributed by atoms with Gasteiger partial charge in [0.2, 0.25) is 10.0 Å². The molecule has 0 unspecified atom stereocenters. The lowest BCUT2D eigenvalue weighted by Crippen LogP contribution is -2.23. The van der Waals surface area contributed by atoms with Gasteiger partial charge in [-0.15, -0.1) is 0 Å². The molecule has 0 aliphatic carbocycles. The number of hydrogen-bond donors (Lipinski definition) is 2. The number of rotatable bonds is 5. The van der Waals surface area contributed by atoms with E-state index in [1.807, 2.05) is 0 Å². The van der Waals surface area contributed by atoms with E-state index in [1.54, 1.807) is 12.1 Å². The minimum absolute atomic E-state index is 0.0140. The van der Waals surface area contributed by atoms with Gasteiger partial charge in [0.25, 0.3) is 10.1 Å². The highest BCUT2D eigenvalue weighted by Gasteiger charge is 2.14. The smallest absolute Gasteiger partial charge is 0.282 e. The number of halogens is 1. The van der Waals surface area contributed by atoms with E-state index in [0.717, 1.165) is 3.57 Å². The van der Waals surface area contributed by atoms with E-state index in [9.17, 15) is 16.8 Å². The SMILES string of the molecule is O=S(=O)(O)c1ccc(CNS(=O)(=O)c2ccc(I)cc2)cc1. The Morgan fingerprint density at radius 1 is 0.864 bits per heavy atom. The van der Waals surface area contributed by atoms with Crippen molar-refractivity contribution in [3.8, 4) is 0 Å². The molecule has 0 aliphatic heterocycles. The Kier molecular flexibility index (Phi) is 5.22. The average molecular weight is 453 g/mol. The van der Waals surface area contributed by atoms with E-state index in [2.05, 4.69) is 27.3 Å². The summed E-state index contributed by atoms with van der Waals surface area (Å²) in [6.45, 7) is 0.0140. The van der Waals surface area contributed by atoms with Gasteiger partial charge in [0, 0.05) is 10.1 Å². The molecule has 0 spiro atoms. The summed E-state index contributed by atoms with van der Waals surface area (Å²) < 4.78 is 58.2. The van der Waals surface area contributed by atoms with Gasteiger partial charge in [0.1, 0.15) is 0 Å². The van der Waals surface area contributed by atoms with E-state index in [4.69, 9.17) is 4.55 Å². The zero-order valence-electron chi connectivity index (χ0n) is 11.1. The molecule has 0 bridgehead atoms. The fourth-order valence-corrected chi connectivity index (χ4v) is 3.51. The maximum atomic E-state index is 12.1. The molecular weight excluding hydrogens is 441 g/mol. The van der Waals surface area contributed by atoms with Gasteiger partial charge >= 0.3 is 0 Å². The van der Waals surface area contributed by atoms with Crippen molar-refractivity contribution < 1.29 is 21.4 Å². The second-order valence-electron chi connectivity index (χ2n) is 4.40. The van der Waals surface area contributed by atoms with Crippen molar-refractivity contribution in [2.45, 2.75) is 16.3 Å². The maximum Gasteiger partial charge on any atom is 0.294 e. The van der Waals surface area contributed by atoms with E-state index in [-0.39, 0.29) is 16.3 Å². The number of hydrogen-bond acceptors (Lipinski definition) is 4. The molecule has 6 nitrogen and oxygen atoms in total. The Morgan fingerprint density at radius 3 is 1.86 bits per heavy atom. The Hall–Kier alpha value is -1.01. The van der Waals surface area contributed by atoms with Gasteiger partial charge in [0.05, 0.1) is 9.79 Å². The van der Waals surface area contributed by atoms with Gasteiger partial charge in [-0.05, 0) is 64.6 Å². The van der Waals surface area contributed by atoms with Crippen molar-refractivity contribution in [2.24, 2.45) is 0 Å². The van der Waals surface area contributed by atoms with Crippen molar-refractivity contribution in [2.75, 3.05) is 0 Å². The van der Waals surface area contributed by atoms with Crippen LogP contribution in [0.5, 0.6) is 0 Å². The van der Waals surface area contributed by atoms with E-state index in [0.29, 0.717) is 5.56 Å². The second kappa shape index (κ2) is 6.62. The zero-order chi connectivity index (χ0) is 16.4. The van der Waals surface area contributed by atoms with Gasteiger partial charge in [-0.25, -0.2) is 13.1 Å². The van der Waals surface area contributed by atoms with Crippen LogP contribution in [-0.4, -0.2) is 21.4 Å². The summed E-state index contributed by atoms with van der Waals surface area (Å²) in [6, 6.07) is 11.7. The second-order valence-corrected chi connectivity index (χ2v) is 8.83. The third-order valence-corrected chi connectivity index (χ3v) is 5.82. The molecule has 2 aromatic rings. The zero-order valence-corrected chi connectivity index (χ0v) is 14.9. The molecule has 0 radical (unpaired) electrons. The third kappa shape index (κ3) is 4.49. The Balaban J connectivity index is 2.10. The van der Waals surface area contributed by atoms with Crippen LogP contribution in [0.4, 0.5) is 0 Å². The van der Waals surface area contributed by atoms with Crippen molar-refractivity contribution in [1.82, 2.24) is 4.72 Å². The molecule has 0 saturated carbocycles. The van der Waals surface area contributed by atoms with Crippen LogP contribution in [0, 0.1) is 3.57 Å². The summed E-state index contributed by atoms with van der Waals surface area (Å²) in [5.41, 5.74) is 0.571. The normalized spacial score (nSPS) is 12.3. The van der Waals surface area contributed by atoms with Crippen molar-refractivity contribution in [3.63, 3.8) is 0 Å². The largest absolute Gasteiger partial charge is 0.294 e. The van der Waals surface area contributed by atoms with Crippen LogP contribution < -0.4 is 4.72 Å². The molecule has 2 N–H and O–H groups in total. The Labute approximate surface area is 142 Å². The van der Waals surface area contributed by atoms with Crippen molar-refractivity contribution in [3.05, 3.63) is 57.7 Å². The molecule has 22 heavy (non-hydrogen) atoms. The molecule has 9 heteroatoms.